The van der Waals surface area contributed by atoms with Crippen LogP contribution < -0.4 is 11.1 Å². The molecule has 0 aromatic heterocycles. The van der Waals surface area contributed by atoms with Crippen molar-refractivity contribution in [2.75, 3.05) is 11.1 Å². The Labute approximate surface area is 120 Å². The molecule has 1 aromatic rings. The third kappa shape index (κ3) is 4.52. The van der Waals surface area contributed by atoms with Crippen molar-refractivity contribution in [1.82, 2.24) is 0 Å². The molecule has 0 atom stereocenters. The highest BCUT2D eigenvalue weighted by Gasteiger charge is 2.24. The highest BCUT2D eigenvalue weighted by molar-refractivity contribution is 7.91. The predicted octanol–water partition coefficient (Wildman–Crippen LogP) is 1.94. The number of benzene rings is 1. The summed E-state index contributed by atoms with van der Waals surface area (Å²) in [6.07, 6.45) is 0.677. The molecule has 5 nitrogen and oxygen atoms in total. The summed E-state index contributed by atoms with van der Waals surface area (Å²) >= 11 is 0. The number of amides is 1. The van der Waals surface area contributed by atoms with Gasteiger partial charge >= 0.3 is 0 Å². The highest BCUT2D eigenvalue weighted by Crippen LogP contribution is 2.26. The van der Waals surface area contributed by atoms with Gasteiger partial charge in [-0.2, -0.15) is 0 Å². The monoisotopic (exact) mass is 298 g/mol. The Morgan fingerprint density at radius 3 is 2.45 bits per heavy atom. The van der Waals surface area contributed by atoms with Crippen LogP contribution in [-0.2, 0) is 14.6 Å². The number of primary amides is 1. The summed E-state index contributed by atoms with van der Waals surface area (Å²) in [4.78, 5) is 11.3. The van der Waals surface area contributed by atoms with Crippen molar-refractivity contribution in [3.8, 4) is 0 Å². The Hall–Kier alpha value is -1.56. The van der Waals surface area contributed by atoms with Gasteiger partial charge in [-0.15, -0.1) is 0 Å². The number of nitrogens with one attached hydrogen (secondary N) is 1. The molecule has 0 radical (unpaired) electrons. The molecule has 0 saturated carbocycles. The molecule has 1 rings (SSSR count). The minimum Gasteiger partial charge on any atom is -0.379 e. The Balaban J connectivity index is 3.12. The lowest BCUT2D eigenvalue weighted by molar-refractivity contribution is -0.118. The van der Waals surface area contributed by atoms with Gasteiger partial charge in [-0.25, -0.2) is 8.42 Å². The average Bonchev–Trinajstić information content (AvgIpc) is 2.26. The van der Waals surface area contributed by atoms with E-state index in [1.807, 2.05) is 6.92 Å². The SMILES string of the molecule is CCCS(=O)(=O)c1ccccc1NC(C)(C)CC(N)=O. The second-order valence-electron chi connectivity index (χ2n) is 5.47. The van der Waals surface area contributed by atoms with Gasteiger partial charge in [0.1, 0.15) is 0 Å². The summed E-state index contributed by atoms with van der Waals surface area (Å²) in [5, 5.41) is 3.10. The maximum Gasteiger partial charge on any atom is 0.219 e. The van der Waals surface area contributed by atoms with Crippen LogP contribution in [0.4, 0.5) is 5.69 Å². The molecule has 20 heavy (non-hydrogen) atoms. The molecule has 0 bridgehead atoms. The third-order valence-electron chi connectivity index (χ3n) is 2.78. The molecule has 0 fully saturated rings. The second-order valence-corrected chi connectivity index (χ2v) is 7.54. The largest absolute Gasteiger partial charge is 0.379 e. The van der Waals surface area contributed by atoms with Crippen molar-refractivity contribution >= 4 is 21.4 Å². The average molecular weight is 298 g/mol. The van der Waals surface area contributed by atoms with Gasteiger partial charge in [0, 0.05) is 12.0 Å². The first-order valence-corrected chi connectivity index (χ1v) is 8.21. The molecule has 0 aliphatic rings. The zero-order valence-corrected chi connectivity index (χ0v) is 13.0. The van der Waals surface area contributed by atoms with E-state index >= 15 is 0 Å². The van der Waals surface area contributed by atoms with Crippen molar-refractivity contribution in [2.24, 2.45) is 5.73 Å². The molecule has 1 aromatic carbocycles. The number of sulfone groups is 1. The predicted molar refractivity (Wildman–Crippen MR) is 80.3 cm³/mol. The standard InChI is InChI=1S/C14H22N2O3S/c1-4-9-20(18,19)12-8-6-5-7-11(12)16-14(2,3)10-13(15)17/h5-8,16H,4,9-10H2,1-3H3,(H2,15,17). The van der Waals surface area contributed by atoms with Gasteiger partial charge in [0.2, 0.25) is 5.91 Å². The van der Waals surface area contributed by atoms with Crippen LogP contribution in [0.2, 0.25) is 0 Å². The van der Waals surface area contributed by atoms with E-state index in [2.05, 4.69) is 5.32 Å². The number of carbonyl (C=O) groups is 1. The van der Waals surface area contributed by atoms with E-state index in [1.54, 1.807) is 38.1 Å². The van der Waals surface area contributed by atoms with E-state index in [0.29, 0.717) is 12.1 Å². The van der Waals surface area contributed by atoms with Gasteiger partial charge in [-0.1, -0.05) is 19.1 Å². The molecule has 0 spiro atoms. The molecule has 0 unspecified atom stereocenters. The normalized spacial score (nSPS) is 12.2. The van der Waals surface area contributed by atoms with E-state index in [9.17, 15) is 13.2 Å². The molecule has 112 valence electrons. The summed E-state index contributed by atoms with van der Waals surface area (Å²) in [6.45, 7) is 5.44. The van der Waals surface area contributed by atoms with E-state index in [0.717, 1.165) is 0 Å². The molecule has 0 aliphatic heterocycles. The summed E-state index contributed by atoms with van der Waals surface area (Å²) in [7, 11) is -3.32. The first-order valence-electron chi connectivity index (χ1n) is 6.56. The van der Waals surface area contributed by atoms with Crippen LogP contribution in [0.1, 0.15) is 33.6 Å². The summed E-state index contributed by atoms with van der Waals surface area (Å²) in [6, 6.07) is 6.72. The molecular formula is C14H22N2O3S. The van der Waals surface area contributed by atoms with E-state index in [-0.39, 0.29) is 17.1 Å². The fourth-order valence-corrected chi connectivity index (χ4v) is 3.56. The van der Waals surface area contributed by atoms with Crippen LogP contribution in [-0.4, -0.2) is 25.6 Å². The van der Waals surface area contributed by atoms with Crippen LogP contribution in [0.15, 0.2) is 29.2 Å². The van der Waals surface area contributed by atoms with Gasteiger partial charge in [-0.05, 0) is 32.4 Å². The minimum absolute atomic E-state index is 0.0991. The first-order chi connectivity index (χ1) is 9.18. The zero-order chi connectivity index (χ0) is 15.4. The number of nitrogens with two attached hydrogens (primary N) is 1. The molecular weight excluding hydrogens is 276 g/mol. The van der Waals surface area contributed by atoms with Gasteiger partial charge in [0.25, 0.3) is 0 Å². The highest BCUT2D eigenvalue weighted by atomic mass is 32.2. The van der Waals surface area contributed by atoms with Crippen LogP contribution in [0.5, 0.6) is 0 Å². The lowest BCUT2D eigenvalue weighted by Crippen LogP contribution is -2.36. The number of hydrogen-bond donors (Lipinski definition) is 2. The topological polar surface area (TPSA) is 89.3 Å². The Kier molecular flexibility index (Phi) is 5.16. The van der Waals surface area contributed by atoms with Gasteiger partial charge in [-0.3, -0.25) is 4.79 Å². The quantitative estimate of drug-likeness (QED) is 0.805. The fraction of sp³-hybridized carbons (Fsp3) is 0.500. The van der Waals surface area contributed by atoms with E-state index < -0.39 is 21.3 Å². The minimum atomic E-state index is -3.32. The summed E-state index contributed by atoms with van der Waals surface area (Å²) in [5.41, 5.74) is 5.11. The third-order valence-corrected chi connectivity index (χ3v) is 4.76. The first kappa shape index (κ1) is 16.5. The van der Waals surface area contributed by atoms with Crippen LogP contribution in [0.3, 0.4) is 0 Å². The molecule has 0 heterocycles. The van der Waals surface area contributed by atoms with E-state index in [4.69, 9.17) is 5.73 Å². The van der Waals surface area contributed by atoms with Crippen molar-refractivity contribution in [3.05, 3.63) is 24.3 Å². The number of hydrogen-bond acceptors (Lipinski definition) is 4. The van der Waals surface area contributed by atoms with Crippen molar-refractivity contribution < 1.29 is 13.2 Å². The Morgan fingerprint density at radius 1 is 1.30 bits per heavy atom. The molecule has 6 heteroatoms. The summed E-state index contributed by atoms with van der Waals surface area (Å²) in [5.74, 6) is -0.335. The van der Waals surface area contributed by atoms with Crippen molar-refractivity contribution in [2.45, 2.75) is 44.0 Å². The molecule has 0 saturated heterocycles. The maximum atomic E-state index is 12.2. The number of rotatable bonds is 7. The molecule has 3 N–H and O–H groups in total. The van der Waals surface area contributed by atoms with E-state index in [1.165, 1.54) is 0 Å². The van der Waals surface area contributed by atoms with Gasteiger partial charge in [0.05, 0.1) is 16.3 Å². The zero-order valence-electron chi connectivity index (χ0n) is 12.1. The number of carbonyl (C=O) groups excluding carboxylic acids is 1. The van der Waals surface area contributed by atoms with Gasteiger partial charge < -0.3 is 11.1 Å². The Bertz CT molecular complexity index is 580. The smallest absolute Gasteiger partial charge is 0.219 e. The van der Waals surface area contributed by atoms with Crippen molar-refractivity contribution in [3.63, 3.8) is 0 Å². The second kappa shape index (κ2) is 6.26. The molecule has 0 aliphatic carbocycles. The fourth-order valence-electron chi connectivity index (χ4n) is 2.06. The number of anilines is 1. The van der Waals surface area contributed by atoms with Crippen molar-refractivity contribution in [1.29, 1.82) is 0 Å². The Morgan fingerprint density at radius 2 is 1.90 bits per heavy atom. The van der Waals surface area contributed by atoms with Crippen LogP contribution >= 0.6 is 0 Å². The lowest BCUT2D eigenvalue weighted by atomic mass is 10.00. The molecule has 1 amide bonds. The maximum absolute atomic E-state index is 12.2. The van der Waals surface area contributed by atoms with Gasteiger partial charge in [0.15, 0.2) is 9.84 Å². The number of para-hydroxylation sites is 1. The lowest BCUT2D eigenvalue weighted by Gasteiger charge is -2.27. The van der Waals surface area contributed by atoms with Crippen LogP contribution in [0.25, 0.3) is 0 Å². The summed E-state index contributed by atoms with van der Waals surface area (Å²) < 4.78 is 24.5. The van der Waals surface area contributed by atoms with Crippen LogP contribution in [0, 0.1) is 0 Å².